The van der Waals surface area contributed by atoms with Crippen LogP contribution < -0.4 is 0 Å². The second-order valence-electron chi connectivity index (χ2n) is 7.11. The van der Waals surface area contributed by atoms with E-state index in [1.165, 1.54) is 22.1 Å². The zero-order valence-electron chi connectivity index (χ0n) is 15.8. The van der Waals surface area contributed by atoms with Crippen LogP contribution in [-0.2, 0) is 11.3 Å². The maximum atomic E-state index is 5.30. The van der Waals surface area contributed by atoms with Crippen molar-refractivity contribution < 1.29 is 4.74 Å². The minimum absolute atomic E-state index is 0.0579. The molecule has 4 heterocycles. The summed E-state index contributed by atoms with van der Waals surface area (Å²) >= 11 is 1.89. The van der Waals surface area contributed by atoms with Crippen LogP contribution in [0.4, 0.5) is 0 Å². The first-order valence-electron chi connectivity index (χ1n) is 9.17. The van der Waals surface area contributed by atoms with Crippen molar-refractivity contribution in [2.45, 2.75) is 44.6 Å². The summed E-state index contributed by atoms with van der Waals surface area (Å²) < 4.78 is 7.66. The third-order valence-electron chi connectivity index (χ3n) is 5.33. The molecule has 0 radical (unpaired) electrons. The number of aliphatic imine (C=N–C) groups is 1. The first kappa shape index (κ1) is 17.6. The highest BCUT2D eigenvalue weighted by Crippen LogP contribution is 2.48. The summed E-state index contributed by atoms with van der Waals surface area (Å²) in [4.78, 5) is 12.2. The zero-order chi connectivity index (χ0) is 18.3. The van der Waals surface area contributed by atoms with Gasteiger partial charge in [-0.1, -0.05) is 24.8 Å². The Kier molecular flexibility index (Phi) is 4.80. The number of methoxy groups -OCH3 is 1. The third-order valence-corrected chi connectivity index (χ3v) is 6.43. The number of amidine groups is 1. The predicted octanol–water partition coefficient (Wildman–Crippen LogP) is 3.74. The first-order chi connectivity index (χ1) is 12.6. The Morgan fingerprint density at radius 2 is 2.15 bits per heavy atom. The van der Waals surface area contributed by atoms with Gasteiger partial charge in [-0.05, 0) is 37.6 Å². The van der Waals surface area contributed by atoms with E-state index < -0.39 is 0 Å². The number of hydrogen-bond donors (Lipinski definition) is 0. The molecule has 5 nitrogen and oxygen atoms in total. The van der Waals surface area contributed by atoms with E-state index in [4.69, 9.17) is 9.73 Å². The topological polar surface area (TPSA) is 42.6 Å². The number of thioether (sulfide) groups is 1. The lowest BCUT2D eigenvalue weighted by Gasteiger charge is -2.27. The Labute approximate surface area is 159 Å². The summed E-state index contributed by atoms with van der Waals surface area (Å²) in [6.07, 6.45) is 1.87. The minimum atomic E-state index is 0.0579. The standard InChI is InChI=1S/C20H26N4OS/c1-13-11-16(15(3)23(13)9-10-25-4)19-18(17-7-5-6-8-21-17)22-20-24(19)12-14(2)26-20/h5-8,11,14,18-19H,9-10,12H2,1-4H3/t14-,18+,19+/m0/s1. The maximum Gasteiger partial charge on any atom is 0.160 e. The molecule has 2 aromatic heterocycles. The Balaban J connectivity index is 1.75. The van der Waals surface area contributed by atoms with Gasteiger partial charge in [-0.25, -0.2) is 0 Å². The molecule has 138 valence electrons. The van der Waals surface area contributed by atoms with Crippen molar-refractivity contribution in [2.24, 2.45) is 4.99 Å². The van der Waals surface area contributed by atoms with Crippen LogP contribution in [0.2, 0.25) is 0 Å². The predicted molar refractivity (Wildman–Crippen MR) is 107 cm³/mol. The summed E-state index contributed by atoms with van der Waals surface area (Å²) in [6.45, 7) is 9.33. The van der Waals surface area contributed by atoms with Crippen LogP contribution in [0, 0.1) is 13.8 Å². The quantitative estimate of drug-likeness (QED) is 0.804. The second kappa shape index (κ2) is 7.08. The van der Waals surface area contributed by atoms with Gasteiger partial charge in [0.2, 0.25) is 0 Å². The number of hydrogen-bond acceptors (Lipinski definition) is 5. The van der Waals surface area contributed by atoms with Crippen LogP contribution in [0.1, 0.15) is 41.7 Å². The van der Waals surface area contributed by atoms with E-state index in [-0.39, 0.29) is 12.1 Å². The van der Waals surface area contributed by atoms with Crippen molar-refractivity contribution in [3.8, 4) is 0 Å². The lowest BCUT2D eigenvalue weighted by Crippen LogP contribution is -2.29. The molecule has 0 bridgehead atoms. The largest absolute Gasteiger partial charge is 0.383 e. The number of aromatic nitrogens is 2. The Hall–Kier alpha value is -1.79. The second-order valence-corrected chi connectivity index (χ2v) is 8.51. The normalized spacial score (nSPS) is 24.8. The molecule has 6 heteroatoms. The molecule has 0 amide bonds. The molecule has 0 spiro atoms. The van der Waals surface area contributed by atoms with E-state index in [0.29, 0.717) is 5.25 Å². The van der Waals surface area contributed by atoms with Crippen LogP contribution in [0.5, 0.6) is 0 Å². The number of aryl methyl sites for hydroxylation is 1. The average Bonchev–Trinajstić information content (AvgIpc) is 3.24. The van der Waals surface area contributed by atoms with Crippen LogP contribution in [-0.4, -0.2) is 45.1 Å². The van der Waals surface area contributed by atoms with Gasteiger partial charge < -0.3 is 14.2 Å². The molecule has 3 atom stereocenters. The highest BCUT2D eigenvalue weighted by atomic mass is 32.2. The van der Waals surface area contributed by atoms with Crippen molar-refractivity contribution in [3.05, 3.63) is 53.1 Å². The van der Waals surface area contributed by atoms with E-state index in [1.807, 2.05) is 24.0 Å². The van der Waals surface area contributed by atoms with Gasteiger partial charge in [0.15, 0.2) is 5.17 Å². The van der Waals surface area contributed by atoms with Crippen LogP contribution >= 0.6 is 11.8 Å². The monoisotopic (exact) mass is 370 g/mol. The Bertz CT molecular complexity index is 817. The van der Waals surface area contributed by atoms with Gasteiger partial charge >= 0.3 is 0 Å². The fraction of sp³-hybridized carbons (Fsp3) is 0.500. The molecule has 2 aliphatic heterocycles. The SMILES string of the molecule is COCCn1c(C)cc([C@@H]2[C@@H](c3ccccn3)N=C3S[C@@H](C)CN32)c1C. The van der Waals surface area contributed by atoms with Crippen molar-refractivity contribution in [1.29, 1.82) is 0 Å². The number of pyridine rings is 1. The lowest BCUT2D eigenvalue weighted by atomic mass is 9.96. The van der Waals surface area contributed by atoms with Gasteiger partial charge in [0.05, 0.1) is 18.3 Å². The van der Waals surface area contributed by atoms with Gasteiger partial charge in [-0.3, -0.25) is 9.98 Å². The molecule has 2 aromatic rings. The van der Waals surface area contributed by atoms with Crippen molar-refractivity contribution in [1.82, 2.24) is 14.5 Å². The van der Waals surface area contributed by atoms with Crippen molar-refractivity contribution in [2.75, 3.05) is 20.3 Å². The highest BCUT2D eigenvalue weighted by molar-refractivity contribution is 8.14. The van der Waals surface area contributed by atoms with Gasteiger partial charge in [0.25, 0.3) is 0 Å². The zero-order valence-corrected chi connectivity index (χ0v) is 16.7. The van der Waals surface area contributed by atoms with Crippen LogP contribution in [0.25, 0.3) is 0 Å². The molecule has 26 heavy (non-hydrogen) atoms. The number of ether oxygens (including phenoxy) is 1. The fourth-order valence-corrected chi connectivity index (χ4v) is 5.20. The molecule has 0 saturated carbocycles. The highest BCUT2D eigenvalue weighted by Gasteiger charge is 2.44. The van der Waals surface area contributed by atoms with Gasteiger partial charge in [-0.2, -0.15) is 0 Å². The first-order valence-corrected chi connectivity index (χ1v) is 10.1. The van der Waals surface area contributed by atoms with E-state index in [0.717, 1.165) is 25.4 Å². The molecular formula is C20H26N4OS. The molecule has 0 N–H and O–H groups in total. The summed E-state index contributed by atoms with van der Waals surface area (Å²) in [5, 5.41) is 1.75. The van der Waals surface area contributed by atoms with E-state index in [2.05, 4.69) is 53.4 Å². The van der Waals surface area contributed by atoms with E-state index in [1.54, 1.807) is 7.11 Å². The van der Waals surface area contributed by atoms with Crippen molar-refractivity contribution in [3.63, 3.8) is 0 Å². The molecule has 1 saturated heterocycles. The minimum Gasteiger partial charge on any atom is -0.383 e. The van der Waals surface area contributed by atoms with Gasteiger partial charge in [0.1, 0.15) is 6.04 Å². The molecule has 4 rings (SSSR count). The van der Waals surface area contributed by atoms with Crippen LogP contribution in [0.3, 0.4) is 0 Å². The molecule has 1 fully saturated rings. The maximum absolute atomic E-state index is 5.30. The number of nitrogens with zero attached hydrogens (tertiary/aromatic N) is 4. The summed E-state index contributed by atoms with van der Waals surface area (Å²) in [7, 11) is 1.76. The fourth-order valence-electron chi connectivity index (χ4n) is 4.11. The average molecular weight is 371 g/mol. The van der Waals surface area contributed by atoms with E-state index >= 15 is 0 Å². The number of rotatable bonds is 5. The van der Waals surface area contributed by atoms with Gasteiger partial charge in [-0.15, -0.1) is 0 Å². The summed E-state index contributed by atoms with van der Waals surface area (Å²) in [5.41, 5.74) is 5.01. The summed E-state index contributed by atoms with van der Waals surface area (Å²) in [6, 6.07) is 8.73. The third kappa shape index (κ3) is 2.95. The number of fused-ring (bicyclic) bond motifs is 1. The smallest absolute Gasteiger partial charge is 0.160 e. The van der Waals surface area contributed by atoms with E-state index in [9.17, 15) is 0 Å². The molecular weight excluding hydrogens is 344 g/mol. The lowest BCUT2D eigenvalue weighted by molar-refractivity contribution is 0.186. The Morgan fingerprint density at radius 3 is 2.88 bits per heavy atom. The van der Waals surface area contributed by atoms with Crippen molar-refractivity contribution >= 4 is 16.9 Å². The Morgan fingerprint density at radius 1 is 1.31 bits per heavy atom. The summed E-state index contributed by atoms with van der Waals surface area (Å²) in [5.74, 6) is 0. The molecule has 0 aromatic carbocycles. The van der Waals surface area contributed by atoms with Crippen LogP contribution in [0.15, 0.2) is 35.5 Å². The molecule has 2 aliphatic rings. The van der Waals surface area contributed by atoms with Gasteiger partial charge in [0, 0.05) is 43.0 Å². The molecule has 0 unspecified atom stereocenters. The molecule has 0 aliphatic carbocycles.